The largest absolute Gasteiger partial charge is 0.489 e. The van der Waals surface area contributed by atoms with Crippen LogP contribution in [0.1, 0.15) is 37.8 Å². The number of aromatic nitrogens is 1. The maximum atomic E-state index is 13.7. The Bertz CT molecular complexity index is 1340. The third kappa shape index (κ3) is 6.21. The lowest BCUT2D eigenvalue weighted by Gasteiger charge is -2.34. The number of dihydropyridines is 1. The maximum absolute atomic E-state index is 13.7. The Morgan fingerprint density at radius 3 is 2.71 bits per heavy atom. The Morgan fingerprint density at radius 1 is 1.29 bits per heavy atom. The van der Waals surface area contributed by atoms with Crippen LogP contribution in [0.4, 0.5) is 10.1 Å². The summed E-state index contributed by atoms with van der Waals surface area (Å²) in [4.78, 5) is 10.4. The van der Waals surface area contributed by atoms with Crippen LogP contribution in [0.25, 0.3) is 5.70 Å². The zero-order valence-electron chi connectivity index (χ0n) is 21.2. The molecule has 38 heavy (non-hydrogen) atoms. The number of nitrogen functional groups attached to an aromatic ring is 1. The van der Waals surface area contributed by atoms with Gasteiger partial charge >= 0.3 is 0 Å². The number of ether oxygens (including phenoxy) is 2. The van der Waals surface area contributed by atoms with Gasteiger partial charge in [-0.1, -0.05) is 23.2 Å². The highest BCUT2D eigenvalue weighted by atomic mass is 35.5. The van der Waals surface area contributed by atoms with Crippen LogP contribution in [-0.4, -0.2) is 47.6 Å². The Morgan fingerprint density at radius 2 is 2.03 bits per heavy atom. The molecule has 1 aromatic carbocycles. The number of halogens is 3. The monoisotopic (exact) mass is 558 g/mol. The number of anilines is 1. The quantitative estimate of drug-likeness (QED) is 0.373. The van der Waals surface area contributed by atoms with Crippen LogP contribution in [0.15, 0.2) is 46.6 Å². The smallest absolute Gasteiger partial charge is 0.232 e. The van der Waals surface area contributed by atoms with Crippen molar-refractivity contribution in [2.45, 2.75) is 45.4 Å². The molecule has 1 fully saturated rings. The number of benzene rings is 1. The summed E-state index contributed by atoms with van der Waals surface area (Å²) in [6.07, 6.45) is 4.64. The van der Waals surface area contributed by atoms with Crippen LogP contribution in [-0.2, 0) is 11.3 Å². The van der Waals surface area contributed by atoms with E-state index in [2.05, 4.69) is 34.8 Å². The number of nitrogens with two attached hydrogens (primary N) is 2. The van der Waals surface area contributed by atoms with Crippen LogP contribution in [0, 0.1) is 17.3 Å². The van der Waals surface area contributed by atoms with Gasteiger partial charge in [-0.2, -0.15) is 9.65 Å². The second kappa shape index (κ2) is 12.0. The third-order valence-electron chi connectivity index (χ3n) is 6.62. The standard InChI is InChI=1S/C27H29Cl2FN6O2/c1-15(2)36-7-5-18(6-8-36)38-27-16(11-31)9-17(12-35-27)25(33)20-10-19(3-4-23(20)32)37-14-21-22(28)13-34-26(30)24(21)29/h3-4,9-10,13,15,18H,5-8,12,14,32-33H2,1-2H3. The molecule has 2 aliphatic rings. The minimum Gasteiger partial charge on any atom is -0.489 e. The average molecular weight is 559 g/mol. The molecule has 4 rings (SSSR count). The van der Waals surface area contributed by atoms with E-state index in [-0.39, 0.29) is 34.9 Å². The van der Waals surface area contributed by atoms with Gasteiger partial charge in [0.05, 0.1) is 11.6 Å². The molecule has 200 valence electrons. The van der Waals surface area contributed by atoms with Crippen molar-refractivity contribution in [3.05, 3.63) is 68.7 Å². The van der Waals surface area contributed by atoms with Gasteiger partial charge in [-0.15, -0.1) is 0 Å². The summed E-state index contributed by atoms with van der Waals surface area (Å²) < 4.78 is 25.6. The summed E-state index contributed by atoms with van der Waals surface area (Å²) in [7, 11) is 0. The molecule has 4 N–H and O–H groups in total. The van der Waals surface area contributed by atoms with Gasteiger partial charge in [0.2, 0.25) is 11.8 Å². The normalized spacial score (nSPS) is 18.0. The number of hydrogen-bond donors (Lipinski definition) is 2. The molecule has 3 heterocycles. The second-order valence-corrected chi connectivity index (χ2v) is 10.2. The Labute approximate surface area is 231 Å². The molecule has 0 spiro atoms. The lowest BCUT2D eigenvalue weighted by molar-refractivity contribution is 0.0771. The van der Waals surface area contributed by atoms with Crippen LogP contribution < -0.4 is 16.2 Å². The third-order valence-corrected chi connectivity index (χ3v) is 7.33. The fourth-order valence-electron chi connectivity index (χ4n) is 4.33. The van der Waals surface area contributed by atoms with E-state index in [4.69, 9.17) is 44.1 Å². The molecular weight excluding hydrogens is 530 g/mol. The van der Waals surface area contributed by atoms with Crippen molar-refractivity contribution in [1.29, 1.82) is 5.26 Å². The van der Waals surface area contributed by atoms with Gasteiger partial charge in [0.1, 0.15) is 35.1 Å². The van der Waals surface area contributed by atoms with Crippen molar-refractivity contribution in [2.75, 3.05) is 25.4 Å². The van der Waals surface area contributed by atoms with Crippen LogP contribution in [0.5, 0.6) is 5.75 Å². The van der Waals surface area contributed by atoms with Gasteiger partial charge in [0, 0.05) is 47.8 Å². The van der Waals surface area contributed by atoms with Gasteiger partial charge in [-0.25, -0.2) is 9.98 Å². The summed E-state index contributed by atoms with van der Waals surface area (Å²) in [5, 5.41) is 9.75. The van der Waals surface area contributed by atoms with Crippen molar-refractivity contribution in [3.8, 4) is 11.8 Å². The predicted octanol–water partition coefficient (Wildman–Crippen LogP) is 5.11. The van der Waals surface area contributed by atoms with Crippen molar-refractivity contribution in [3.63, 3.8) is 0 Å². The molecule has 8 nitrogen and oxygen atoms in total. The molecule has 0 atom stereocenters. The van der Waals surface area contributed by atoms with Gasteiger partial charge in [0.15, 0.2) is 0 Å². The minimum atomic E-state index is -0.830. The Balaban J connectivity index is 1.49. The zero-order chi connectivity index (χ0) is 27.4. The van der Waals surface area contributed by atoms with E-state index in [1.54, 1.807) is 24.3 Å². The number of likely N-dealkylation sites (tertiary alicyclic amines) is 1. The van der Waals surface area contributed by atoms with E-state index in [0.717, 1.165) is 25.9 Å². The van der Waals surface area contributed by atoms with E-state index in [9.17, 15) is 9.65 Å². The molecule has 2 aromatic rings. The first-order chi connectivity index (χ1) is 18.2. The van der Waals surface area contributed by atoms with Crippen molar-refractivity contribution >= 4 is 40.5 Å². The highest BCUT2D eigenvalue weighted by Gasteiger charge is 2.26. The van der Waals surface area contributed by atoms with E-state index in [0.29, 0.717) is 45.8 Å². The zero-order valence-corrected chi connectivity index (χ0v) is 22.7. The molecule has 0 amide bonds. The molecule has 0 radical (unpaired) electrons. The Kier molecular flexibility index (Phi) is 8.77. The molecule has 1 aromatic heterocycles. The van der Waals surface area contributed by atoms with Crippen LogP contribution in [0.2, 0.25) is 10.0 Å². The van der Waals surface area contributed by atoms with Crippen molar-refractivity contribution in [1.82, 2.24) is 9.88 Å². The Hall–Kier alpha value is -3.32. The lowest BCUT2D eigenvalue weighted by atomic mass is 10.0. The SMILES string of the molecule is CC(C)N1CCC(OC2=NCC(=C(N)c3cc(OCc4c(Cl)cnc(F)c4Cl)ccc3N)C=C2C#N)CC1. The number of piperidine rings is 1. The summed E-state index contributed by atoms with van der Waals surface area (Å²) in [6.45, 7) is 6.42. The van der Waals surface area contributed by atoms with Crippen molar-refractivity contribution < 1.29 is 13.9 Å². The molecular formula is C27H29Cl2FN6O2. The predicted molar refractivity (Wildman–Crippen MR) is 147 cm³/mol. The van der Waals surface area contributed by atoms with Crippen LogP contribution >= 0.6 is 23.2 Å². The highest BCUT2D eigenvalue weighted by Crippen LogP contribution is 2.31. The average Bonchev–Trinajstić information content (AvgIpc) is 2.91. The molecule has 0 bridgehead atoms. The van der Waals surface area contributed by atoms with Gasteiger partial charge in [-0.3, -0.25) is 0 Å². The number of nitrogens with zero attached hydrogens (tertiary/aromatic N) is 4. The van der Waals surface area contributed by atoms with Gasteiger partial charge < -0.3 is 25.8 Å². The number of rotatable bonds is 6. The van der Waals surface area contributed by atoms with Crippen molar-refractivity contribution in [2.24, 2.45) is 10.7 Å². The maximum Gasteiger partial charge on any atom is 0.232 e. The first kappa shape index (κ1) is 27.7. The summed E-state index contributed by atoms with van der Waals surface area (Å²) in [6, 6.07) is 7.64. The van der Waals surface area contributed by atoms with Gasteiger partial charge in [0.25, 0.3) is 0 Å². The fraction of sp³-hybridized carbons (Fsp3) is 0.370. The molecule has 0 saturated carbocycles. The molecule has 0 aliphatic carbocycles. The summed E-state index contributed by atoms with van der Waals surface area (Å²) >= 11 is 12.1. The summed E-state index contributed by atoms with van der Waals surface area (Å²) in [5.74, 6) is -0.0675. The van der Waals surface area contributed by atoms with Gasteiger partial charge in [-0.05, 0) is 56.5 Å². The molecule has 2 aliphatic heterocycles. The lowest BCUT2D eigenvalue weighted by Crippen LogP contribution is -2.41. The van der Waals surface area contributed by atoms with E-state index < -0.39 is 5.95 Å². The molecule has 1 saturated heterocycles. The van der Waals surface area contributed by atoms with E-state index in [1.807, 2.05) is 0 Å². The number of pyridine rings is 1. The first-order valence-corrected chi connectivity index (χ1v) is 13.0. The fourth-order valence-corrected chi connectivity index (χ4v) is 4.78. The second-order valence-electron chi connectivity index (χ2n) is 9.40. The first-order valence-electron chi connectivity index (χ1n) is 12.2. The topological polar surface area (TPSA) is 123 Å². The van der Waals surface area contributed by atoms with E-state index in [1.165, 1.54) is 6.20 Å². The van der Waals surface area contributed by atoms with Crippen LogP contribution in [0.3, 0.4) is 0 Å². The number of nitriles is 1. The minimum absolute atomic E-state index is 0.0173. The molecule has 11 heteroatoms. The number of hydrogen-bond acceptors (Lipinski definition) is 8. The summed E-state index contributed by atoms with van der Waals surface area (Å²) in [5.41, 5.74) is 15.2. The van der Waals surface area contributed by atoms with E-state index >= 15 is 0 Å². The highest BCUT2D eigenvalue weighted by molar-refractivity contribution is 6.35. The molecule has 0 unspecified atom stereocenters. The number of aliphatic imine (C=N–C) groups is 1.